The molecule has 3 aromatic carbocycles. The van der Waals surface area contributed by atoms with Crippen LogP contribution in [-0.4, -0.2) is 32.4 Å². The minimum absolute atomic E-state index is 0.271. The molecule has 0 saturated heterocycles. The van der Waals surface area contributed by atoms with Crippen LogP contribution in [0.15, 0.2) is 97.2 Å². The highest BCUT2D eigenvalue weighted by atomic mass is 35.5. The number of hydrogen-bond acceptors (Lipinski definition) is 3. The van der Waals surface area contributed by atoms with Gasteiger partial charge in [-0.05, 0) is 55.0 Å². The normalized spacial score (nSPS) is 14.4. The van der Waals surface area contributed by atoms with Crippen molar-refractivity contribution in [2.45, 2.75) is 19.5 Å². The van der Waals surface area contributed by atoms with E-state index in [2.05, 4.69) is 28.1 Å². The number of methoxy groups -OCH3 is 1. The van der Waals surface area contributed by atoms with Gasteiger partial charge in [-0.15, -0.1) is 0 Å². The Morgan fingerprint density at radius 1 is 1.00 bits per heavy atom. The summed E-state index contributed by atoms with van der Waals surface area (Å²) >= 11 is 6.26. The highest BCUT2D eigenvalue weighted by molar-refractivity contribution is 6.31. The number of nitrogens with one attached hydrogen (secondary N) is 1. The van der Waals surface area contributed by atoms with Crippen LogP contribution in [0, 0.1) is 6.92 Å². The lowest BCUT2D eigenvalue weighted by atomic mass is 10.0. The van der Waals surface area contributed by atoms with Gasteiger partial charge in [-0.2, -0.15) is 5.10 Å². The number of nitrogens with zero attached hydrogens (tertiary/aromatic N) is 4. The number of carbonyl (C=O) groups is 1. The first kappa shape index (κ1) is 23.9. The van der Waals surface area contributed by atoms with Crippen molar-refractivity contribution in [1.82, 2.24) is 19.2 Å². The number of aromatic nitrogens is 3. The second kappa shape index (κ2) is 9.76. The summed E-state index contributed by atoms with van der Waals surface area (Å²) in [6.07, 6.45) is 2.03. The van der Waals surface area contributed by atoms with Gasteiger partial charge in [-0.25, -0.2) is 9.48 Å². The topological polar surface area (TPSA) is 64.3 Å². The van der Waals surface area contributed by atoms with Gasteiger partial charge < -0.3 is 19.5 Å². The monoisotopic (exact) mass is 523 g/mol. The van der Waals surface area contributed by atoms with Crippen molar-refractivity contribution in [3.8, 4) is 17.3 Å². The van der Waals surface area contributed by atoms with E-state index < -0.39 is 0 Å². The summed E-state index contributed by atoms with van der Waals surface area (Å²) in [5, 5.41) is 8.46. The smallest absolute Gasteiger partial charge is 0.323 e. The van der Waals surface area contributed by atoms with Gasteiger partial charge in [-0.3, -0.25) is 0 Å². The Balaban J connectivity index is 1.53. The Kier molecular flexibility index (Phi) is 6.13. The Morgan fingerprint density at radius 3 is 2.47 bits per heavy atom. The average Bonchev–Trinajstić information content (AvgIpc) is 3.50. The van der Waals surface area contributed by atoms with Crippen LogP contribution >= 0.6 is 11.6 Å². The minimum Gasteiger partial charge on any atom is -0.495 e. The lowest BCUT2D eigenvalue weighted by molar-refractivity contribution is 0.194. The zero-order valence-corrected chi connectivity index (χ0v) is 21.8. The van der Waals surface area contributed by atoms with Gasteiger partial charge >= 0.3 is 6.03 Å². The molecular weight excluding hydrogens is 498 g/mol. The summed E-state index contributed by atoms with van der Waals surface area (Å²) in [4.78, 5) is 15.9. The number of halogens is 1. The molecule has 6 rings (SSSR count). The average molecular weight is 524 g/mol. The number of fused-ring (bicyclic) bond motifs is 3. The number of rotatable bonds is 4. The van der Waals surface area contributed by atoms with Gasteiger partial charge in [0.2, 0.25) is 0 Å². The molecule has 0 aliphatic carbocycles. The summed E-state index contributed by atoms with van der Waals surface area (Å²) in [6.45, 7) is 2.34. The van der Waals surface area contributed by atoms with Crippen molar-refractivity contribution >= 4 is 23.3 Å². The summed E-state index contributed by atoms with van der Waals surface area (Å²) in [7, 11) is 1.57. The Labute approximate surface area is 225 Å². The Bertz CT molecular complexity index is 1610. The van der Waals surface area contributed by atoms with E-state index in [0.717, 1.165) is 34.0 Å². The van der Waals surface area contributed by atoms with Crippen LogP contribution in [0.5, 0.6) is 5.75 Å². The van der Waals surface area contributed by atoms with Crippen LogP contribution in [0.1, 0.15) is 28.6 Å². The number of anilines is 1. The van der Waals surface area contributed by atoms with Crippen LogP contribution in [0.4, 0.5) is 10.5 Å². The number of benzene rings is 3. The zero-order valence-electron chi connectivity index (χ0n) is 21.0. The van der Waals surface area contributed by atoms with Crippen LogP contribution < -0.4 is 10.1 Å². The standard InChI is InChI=1S/C30H26ClN5O2/c1-20-24-19-35(30(37)32-25-18-22(31)15-16-27(25)38-2)28(21-10-5-3-6-11-21)26-14-9-17-34(26)29(24)36(33-20)23-12-7-4-8-13-23/h3-18,28H,19H2,1-2H3,(H,32,37). The maximum absolute atomic E-state index is 14.1. The van der Waals surface area contributed by atoms with Crippen molar-refractivity contribution in [3.05, 3.63) is 125 Å². The maximum Gasteiger partial charge on any atom is 0.323 e. The molecule has 8 heteroatoms. The summed E-state index contributed by atoms with van der Waals surface area (Å²) in [6, 6.07) is 28.7. The second-order valence-electron chi connectivity index (χ2n) is 9.15. The molecule has 190 valence electrons. The molecule has 5 aromatic rings. The van der Waals surface area contributed by atoms with Gasteiger partial charge in [-0.1, -0.05) is 60.1 Å². The van der Waals surface area contributed by atoms with E-state index in [1.165, 1.54) is 0 Å². The Morgan fingerprint density at radius 2 is 1.74 bits per heavy atom. The molecule has 1 aliphatic heterocycles. The fourth-order valence-electron chi connectivity index (χ4n) is 5.10. The lowest BCUT2D eigenvalue weighted by Gasteiger charge is -2.31. The van der Waals surface area contributed by atoms with Crippen molar-refractivity contribution in [3.63, 3.8) is 0 Å². The van der Waals surface area contributed by atoms with Crippen LogP contribution in [0.2, 0.25) is 5.02 Å². The molecule has 7 nitrogen and oxygen atoms in total. The third-order valence-electron chi connectivity index (χ3n) is 6.87. The number of amides is 2. The molecule has 0 radical (unpaired) electrons. The molecule has 1 unspecified atom stereocenters. The first-order valence-electron chi connectivity index (χ1n) is 12.3. The third-order valence-corrected chi connectivity index (χ3v) is 7.10. The van der Waals surface area contributed by atoms with Crippen molar-refractivity contribution in [2.24, 2.45) is 0 Å². The molecule has 0 spiro atoms. The molecular formula is C30H26ClN5O2. The van der Waals surface area contributed by atoms with Crippen LogP contribution in [0.3, 0.4) is 0 Å². The quantitative estimate of drug-likeness (QED) is 0.283. The van der Waals surface area contributed by atoms with E-state index in [0.29, 0.717) is 23.0 Å². The van der Waals surface area contributed by atoms with E-state index in [1.54, 1.807) is 25.3 Å². The largest absolute Gasteiger partial charge is 0.495 e. The first-order valence-corrected chi connectivity index (χ1v) is 12.7. The molecule has 0 saturated carbocycles. The number of aryl methyl sites for hydroxylation is 1. The minimum atomic E-state index is -0.354. The molecule has 3 heterocycles. The van der Waals surface area contributed by atoms with Crippen LogP contribution in [-0.2, 0) is 6.54 Å². The van der Waals surface area contributed by atoms with Crippen molar-refractivity contribution in [2.75, 3.05) is 12.4 Å². The molecule has 2 amide bonds. The molecule has 0 fully saturated rings. The number of ether oxygens (including phenoxy) is 1. The zero-order chi connectivity index (χ0) is 26.2. The molecule has 38 heavy (non-hydrogen) atoms. The summed E-state index contributed by atoms with van der Waals surface area (Å²) in [5.41, 5.74) is 5.25. The van der Waals surface area contributed by atoms with E-state index in [9.17, 15) is 4.79 Å². The molecule has 1 N–H and O–H groups in total. The van der Waals surface area contributed by atoms with E-state index in [4.69, 9.17) is 21.4 Å². The number of para-hydroxylation sites is 1. The van der Waals surface area contributed by atoms with Gasteiger partial charge in [0.15, 0.2) is 0 Å². The van der Waals surface area contributed by atoms with Crippen molar-refractivity contribution in [1.29, 1.82) is 0 Å². The summed E-state index contributed by atoms with van der Waals surface area (Å²) < 4.78 is 9.59. The number of hydrogen-bond donors (Lipinski definition) is 1. The summed E-state index contributed by atoms with van der Waals surface area (Å²) in [5.74, 6) is 1.45. The lowest BCUT2D eigenvalue weighted by Crippen LogP contribution is -2.38. The number of urea groups is 1. The molecule has 1 aliphatic rings. The number of carbonyl (C=O) groups excluding carboxylic acids is 1. The molecule has 2 aromatic heterocycles. The first-order chi connectivity index (χ1) is 18.5. The maximum atomic E-state index is 14.1. The third kappa shape index (κ3) is 4.11. The fraction of sp³-hybridized carbons (Fsp3) is 0.133. The van der Waals surface area contributed by atoms with Crippen molar-refractivity contribution < 1.29 is 9.53 Å². The second-order valence-corrected chi connectivity index (χ2v) is 9.59. The van der Waals surface area contributed by atoms with E-state index in [-0.39, 0.29) is 12.1 Å². The van der Waals surface area contributed by atoms with E-state index >= 15 is 0 Å². The predicted octanol–water partition coefficient (Wildman–Crippen LogP) is 6.77. The van der Waals surface area contributed by atoms with Gasteiger partial charge in [0.05, 0.1) is 42.5 Å². The van der Waals surface area contributed by atoms with Gasteiger partial charge in [0.25, 0.3) is 0 Å². The Hall–Kier alpha value is -4.49. The SMILES string of the molecule is COc1ccc(Cl)cc1NC(=O)N1Cc2c(C)nn(-c3ccccc3)c2-n2cccc2C1c1ccccc1. The predicted molar refractivity (Wildman–Crippen MR) is 148 cm³/mol. The molecule has 1 atom stereocenters. The van der Waals surface area contributed by atoms with Gasteiger partial charge in [0.1, 0.15) is 11.6 Å². The fourth-order valence-corrected chi connectivity index (χ4v) is 5.27. The highest BCUT2D eigenvalue weighted by Gasteiger charge is 2.36. The molecule has 0 bridgehead atoms. The highest BCUT2D eigenvalue weighted by Crippen LogP contribution is 2.39. The van der Waals surface area contributed by atoms with Crippen LogP contribution in [0.25, 0.3) is 11.5 Å². The van der Waals surface area contributed by atoms with E-state index in [1.807, 2.05) is 77.3 Å². The van der Waals surface area contributed by atoms with Gasteiger partial charge in [0, 0.05) is 16.8 Å².